The Labute approximate surface area is 182 Å². The zero-order chi connectivity index (χ0) is 20.9. The molecule has 0 aliphatic heterocycles. The fraction of sp³-hybridized carbons (Fsp3) is 0.0909. The third-order valence-electron chi connectivity index (χ3n) is 4.17. The summed E-state index contributed by atoms with van der Waals surface area (Å²) in [7, 11) is 0. The lowest BCUT2D eigenvalue weighted by atomic mass is 10.2. The number of halogens is 3. The van der Waals surface area contributed by atoms with Crippen LogP contribution in [0.1, 0.15) is 11.5 Å². The molecule has 5 nitrogen and oxygen atoms in total. The Morgan fingerprint density at radius 2 is 1.63 bits per heavy atom. The fourth-order valence-electron chi connectivity index (χ4n) is 2.61. The molecule has 1 aromatic heterocycles. The van der Waals surface area contributed by atoms with Crippen molar-refractivity contribution >= 4 is 23.2 Å². The van der Waals surface area contributed by atoms with E-state index in [-0.39, 0.29) is 12.4 Å². The van der Waals surface area contributed by atoms with Crippen molar-refractivity contribution in [2.45, 2.75) is 13.2 Å². The van der Waals surface area contributed by atoms with Gasteiger partial charge in [-0.15, -0.1) is 0 Å². The molecule has 0 aliphatic carbocycles. The maximum atomic E-state index is 12.9. The van der Waals surface area contributed by atoms with Crippen LogP contribution >= 0.6 is 23.2 Å². The monoisotopic (exact) mass is 444 g/mol. The molecule has 4 rings (SSSR count). The molecule has 1 heterocycles. The number of rotatable bonds is 7. The maximum absolute atomic E-state index is 12.9. The van der Waals surface area contributed by atoms with E-state index in [4.69, 9.17) is 37.2 Å². The second-order valence-electron chi connectivity index (χ2n) is 6.29. The van der Waals surface area contributed by atoms with Gasteiger partial charge in [0, 0.05) is 5.56 Å². The van der Waals surface area contributed by atoms with Crippen molar-refractivity contribution in [3.63, 3.8) is 0 Å². The van der Waals surface area contributed by atoms with Gasteiger partial charge < -0.3 is 14.0 Å². The molecule has 0 fully saturated rings. The van der Waals surface area contributed by atoms with Gasteiger partial charge in [0.15, 0.2) is 6.61 Å². The van der Waals surface area contributed by atoms with Crippen LogP contribution in [-0.2, 0) is 13.2 Å². The minimum Gasteiger partial charge on any atom is -0.489 e. The normalized spacial score (nSPS) is 10.8. The molecule has 152 valence electrons. The quantitative estimate of drug-likeness (QED) is 0.332. The number of ether oxygens (including phenoxy) is 2. The molecule has 0 N–H and O–H groups in total. The zero-order valence-corrected chi connectivity index (χ0v) is 17.0. The first-order valence-electron chi connectivity index (χ1n) is 8.95. The molecule has 0 bridgehead atoms. The van der Waals surface area contributed by atoms with Gasteiger partial charge in [0.05, 0.1) is 5.02 Å². The molecule has 3 aromatic carbocycles. The Balaban J connectivity index is 1.36. The molecular weight excluding hydrogens is 430 g/mol. The van der Waals surface area contributed by atoms with Gasteiger partial charge >= 0.3 is 0 Å². The molecule has 0 unspecified atom stereocenters. The summed E-state index contributed by atoms with van der Waals surface area (Å²) in [5, 5.41) is 4.70. The first-order chi connectivity index (χ1) is 14.6. The highest BCUT2D eigenvalue weighted by Gasteiger charge is 2.11. The highest BCUT2D eigenvalue weighted by molar-refractivity contribution is 6.42. The average Bonchev–Trinajstić information content (AvgIpc) is 3.24. The molecule has 0 spiro atoms. The van der Waals surface area contributed by atoms with Crippen molar-refractivity contribution in [2.75, 3.05) is 0 Å². The third kappa shape index (κ3) is 4.90. The summed E-state index contributed by atoms with van der Waals surface area (Å²) in [5.41, 5.74) is 1.64. The third-order valence-corrected chi connectivity index (χ3v) is 4.97. The van der Waals surface area contributed by atoms with E-state index >= 15 is 0 Å². The minimum absolute atomic E-state index is 0.0614. The van der Waals surface area contributed by atoms with Crippen LogP contribution in [0.15, 0.2) is 71.3 Å². The van der Waals surface area contributed by atoms with E-state index < -0.39 is 0 Å². The van der Waals surface area contributed by atoms with Crippen molar-refractivity contribution in [3.05, 3.63) is 94.0 Å². The van der Waals surface area contributed by atoms with Crippen LogP contribution in [0.4, 0.5) is 4.39 Å². The summed E-state index contributed by atoms with van der Waals surface area (Å²) < 4.78 is 29.5. The van der Waals surface area contributed by atoms with Gasteiger partial charge in [0.2, 0.25) is 5.82 Å². The largest absolute Gasteiger partial charge is 0.489 e. The molecule has 0 saturated carbocycles. The number of hydrogen-bond donors (Lipinski definition) is 0. The van der Waals surface area contributed by atoms with Crippen LogP contribution in [0, 0.1) is 5.82 Å². The van der Waals surface area contributed by atoms with E-state index in [1.54, 1.807) is 42.5 Å². The van der Waals surface area contributed by atoms with Gasteiger partial charge in [-0.2, -0.15) is 4.98 Å². The molecule has 0 aliphatic rings. The van der Waals surface area contributed by atoms with Crippen molar-refractivity contribution in [3.8, 4) is 22.9 Å². The molecular formula is C22H15Cl2FN2O3. The van der Waals surface area contributed by atoms with E-state index in [1.165, 1.54) is 12.1 Å². The molecule has 0 saturated heterocycles. The number of benzene rings is 3. The number of hydrogen-bond acceptors (Lipinski definition) is 5. The second kappa shape index (κ2) is 9.15. The van der Waals surface area contributed by atoms with Gasteiger partial charge in [-0.1, -0.05) is 46.6 Å². The minimum atomic E-state index is -0.274. The SMILES string of the molecule is Fc1ccc(COc2ccc(-c3noc(COc4cccc(Cl)c4Cl)n3)cc2)cc1. The topological polar surface area (TPSA) is 57.4 Å². The lowest BCUT2D eigenvalue weighted by Gasteiger charge is -2.06. The molecule has 0 amide bonds. The number of aromatic nitrogens is 2. The average molecular weight is 445 g/mol. The molecule has 4 aromatic rings. The first kappa shape index (κ1) is 20.2. The van der Waals surface area contributed by atoms with Crippen molar-refractivity contribution in [1.82, 2.24) is 10.1 Å². The van der Waals surface area contributed by atoms with Gasteiger partial charge in [-0.25, -0.2) is 4.39 Å². The highest BCUT2D eigenvalue weighted by Crippen LogP contribution is 2.32. The van der Waals surface area contributed by atoms with Gasteiger partial charge in [0.1, 0.15) is 28.9 Å². The van der Waals surface area contributed by atoms with Gasteiger partial charge in [-0.05, 0) is 54.1 Å². The lowest BCUT2D eigenvalue weighted by molar-refractivity contribution is 0.243. The van der Waals surface area contributed by atoms with Crippen molar-refractivity contribution in [1.29, 1.82) is 0 Å². The molecule has 8 heteroatoms. The summed E-state index contributed by atoms with van der Waals surface area (Å²) in [4.78, 5) is 4.32. The van der Waals surface area contributed by atoms with E-state index in [9.17, 15) is 4.39 Å². The van der Waals surface area contributed by atoms with E-state index in [2.05, 4.69) is 10.1 Å². The van der Waals surface area contributed by atoms with E-state index in [1.807, 2.05) is 12.1 Å². The van der Waals surface area contributed by atoms with Crippen molar-refractivity contribution < 1.29 is 18.4 Å². The molecule has 0 atom stereocenters. The smallest absolute Gasteiger partial charge is 0.264 e. The van der Waals surface area contributed by atoms with Gasteiger partial charge in [-0.3, -0.25) is 0 Å². The predicted octanol–water partition coefficient (Wildman–Crippen LogP) is 6.34. The standard InChI is InChI=1S/C22H15Cl2FN2O3/c23-18-2-1-3-19(21(18)24)29-13-20-26-22(27-30-20)15-6-10-17(11-7-15)28-12-14-4-8-16(25)9-5-14/h1-11H,12-13H2. The Hall–Kier alpha value is -3.09. The number of nitrogens with zero attached hydrogens (tertiary/aromatic N) is 2. The summed E-state index contributed by atoms with van der Waals surface area (Å²) in [6.45, 7) is 0.404. The summed E-state index contributed by atoms with van der Waals surface area (Å²) in [5.74, 6) is 1.56. The van der Waals surface area contributed by atoms with E-state index in [0.717, 1.165) is 11.1 Å². The van der Waals surface area contributed by atoms with Gasteiger partial charge in [0.25, 0.3) is 5.89 Å². The lowest BCUT2D eigenvalue weighted by Crippen LogP contribution is -1.96. The molecule has 0 radical (unpaired) electrons. The van der Waals surface area contributed by atoms with Crippen LogP contribution in [0.3, 0.4) is 0 Å². The Morgan fingerprint density at radius 1 is 0.867 bits per heavy atom. The summed E-state index contributed by atoms with van der Waals surface area (Å²) >= 11 is 12.1. The fourth-order valence-corrected chi connectivity index (χ4v) is 2.96. The first-order valence-corrected chi connectivity index (χ1v) is 9.71. The summed E-state index contributed by atoms with van der Waals surface area (Å²) in [6.07, 6.45) is 0. The molecule has 30 heavy (non-hydrogen) atoms. The Bertz CT molecular complexity index is 1130. The Kier molecular flexibility index (Phi) is 6.16. The Morgan fingerprint density at radius 3 is 2.40 bits per heavy atom. The maximum Gasteiger partial charge on any atom is 0.264 e. The second-order valence-corrected chi connectivity index (χ2v) is 7.08. The van der Waals surface area contributed by atoms with Crippen LogP contribution < -0.4 is 9.47 Å². The summed E-state index contributed by atoms with van der Waals surface area (Å²) in [6, 6.07) is 18.5. The van der Waals surface area contributed by atoms with Crippen LogP contribution in [0.5, 0.6) is 11.5 Å². The van der Waals surface area contributed by atoms with E-state index in [0.29, 0.717) is 39.9 Å². The highest BCUT2D eigenvalue weighted by atomic mass is 35.5. The predicted molar refractivity (Wildman–Crippen MR) is 111 cm³/mol. The van der Waals surface area contributed by atoms with Crippen LogP contribution in [0.25, 0.3) is 11.4 Å². The van der Waals surface area contributed by atoms with Crippen LogP contribution in [0.2, 0.25) is 10.0 Å². The van der Waals surface area contributed by atoms with Crippen LogP contribution in [-0.4, -0.2) is 10.1 Å². The van der Waals surface area contributed by atoms with Crippen molar-refractivity contribution in [2.24, 2.45) is 0 Å². The zero-order valence-electron chi connectivity index (χ0n) is 15.5.